The fourth-order valence-corrected chi connectivity index (χ4v) is 3.97. The van der Waals surface area contributed by atoms with Crippen molar-refractivity contribution in [3.63, 3.8) is 0 Å². The van der Waals surface area contributed by atoms with Crippen LogP contribution in [0.1, 0.15) is 18.9 Å². The van der Waals surface area contributed by atoms with Gasteiger partial charge >= 0.3 is 0 Å². The number of nitrogens with zero attached hydrogens (tertiary/aromatic N) is 2. The minimum Gasteiger partial charge on any atom is -0.345 e. The van der Waals surface area contributed by atoms with E-state index in [4.69, 9.17) is 12.2 Å². The van der Waals surface area contributed by atoms with Gasteiger partial charge in [0, 0.05) is 25.0 Å². The van der Waals surface area contributed by atoms with Crippen LogP contribution in [0.5, 0.6) is 0 Å². The Labute approximate surface area is 158 Å². The Hall–Kier alpha value is -2.11. The molecule has 0 atom stereocenters. The Kier molecular flexibility index (Phi) is 5.56. The molecule has 1 saturated heterocycles. The number of thiocarbonyl (C=S) groups is 1. The van der Waals surface area contributed by atoms with Crippen LogP contribution in [0.3, 0.4) is 0 Å². The van der Waals surface area contributed by atoms with Gasteiger partial charge in [0.2, 0.25) is 0 Å². The van der Waals surface area contributed by atoms with Crippen molar-refractivity contribution in [3.8, 4) is 0 Å². The summed E-state index contributed by atoms with van der Waals surface area (Å²) in [5, 5.41) is 0. The van der Waals surface area contributed by atoms with Crippen molar-refractivity contribution in [3.05, 3.63) is 65.1 Å². The molecule has 1 aliphatic heterocycles. The zero-order chi connectivity index (χ0) is 17.8. The Morgan fingerprint density at radius 2 is 1.72 bits per heavy atom. The van der Waals surface area contributed by atoms with Crippen molar-refractivity contribution in [2.24, 2.45) is 0 Å². The number of thioether (sulfide) groups is 1. The summed E-state index contributed by atoms with van der Waals surface area (Å²) in [6, 6.07) is 18.4. The summed E-state index contributed by atoms with van der Waals surface area (Å²) in [6.07, 6.45) is 2.82. The fourth-order valence-electron chi connectivity index (χ4n) is 2.66. The van der Waals surface area contributed by atoms with Crippen LogP contribution < -0.4 is 4.90 Å². The summed E-state index contributed by atoms with van der Waals surface area (Å²) in [5.41, 5.74) is 3.24. The first-order chi connectivity index (χ1) is 12.1. The predicted molar refractivity (Wildman–Crippen MR) is 111 cm³/mol. The van der Waals surface area contributed by atoms with Gasteiger partial charge in [0.25, 0.3) is 5.91 Å². The largest absolute Gasteiger partial charge is 0.345 e. The minimum absolute atomic E-state index is 0.0160. The molecule has 0 unspecified atom stereocenters. The van der Waals surface area contributed by atoms with Crippen molar-refractivity contribution < 1.29 is 4.79 Å². The number of carbonyl (C=O) groups excluding carboxylic acids is 1. The first kappa shape index (κ1) is 17.7. The molecule has 0 N–H and O–H groups in total. The van der Waals surface area contributed by atoms with Crippen LogP contribution >= 0.6 is 24.0 Å². The van der Waals surface area contributed by atoms with E-state index in [-0.39, 0.29) is 5.91 Å². The lowest BCUT2D eigenvalue weighted by Gasteiger charge is -2.19. The van der Waals surface area contributed by atoms with Gasteiger partial charge in [-0.3, -0.25) is 9.69 Å². The molecule has 2 aromatic rings. The van der Waals surface area contributed by atoms with E-state index in [0.29, 0.717) is 15.8 Å². The zero-order valence-corrected chi connectivity index (χ0v) is 15.9. The molecular formula is C20H20N2OS2. The second-order valence-corrected chi connectivity index (χ2v) is 7.50. The van der Waals surface area contributed by atoms with Gasteiger partial charge in [-0.05, 0) is 42.3 Å². The highest BCUT2D eigenvalue weighted by atomic mass is 32.2. The molecular weight excluding hydrogens is 348 g/mol. The van der Waals surface area contributed by atoms with Crippen molar-refractivity contribution in [2.45, 2.75) is 13.3 Å². The van der Waals surface area contributed by atoms with Gasteiger partial charge in [-0.2, -0.15) is 0 Å². The standard InChI is InChI=1S/C20H20N2OS2/c1-3-13-22-19(23)18(25-20(22)24)14-15-9-11-17(12-10-15)21(2)16-7-5-4-6-8-16/h4-12,14H,3,13H2,1-2H3/b18-14+. The van der Waals surface area contributed by atoms with Crippen LogP contribution in [-0.2, 0) is 4.79 Å². The summed E-state index contributed by atoms with van der Waals surface area (Å²) in [7, 11) is 2.04. The first-order valence-electron chi connectivity index (χ1n) is 8.24. The van der Waals surface area contributed by atoms with E-state index in [1.165, 1.54) is 11.8 Å². The number of amides is 1. The van der Waals surface area contributed by atoms with Gasteiger partial charge in [0.1, 0.15) is 4.32 Å². The average Bonchev–Trinajstić information content (AvgIpc) is 2.90. The third-order valence-corrected chi connectivity index (χ3v) is 5.42. The van der Waals surface area contributed by atoms with E-state index >= 15 is 0 Å². The maximum atomic E-state index is 12.4. The Bertz CT molecular complexity index is 800. The number of hydrogen-bond donors (Lipinski definition) is 0. The minimum atomic E-state index is 0.0160. The molecule has 3 rings (SSSR count). The molecule has 128 valence electrons. The van der Waals surface area contributed by atoms with Gasteiger partial charge < -0.3 is 4.90 Å². The van der Waals surface area contributed by atoms with Crippen LogP contribution in [0.15, 0.2) is 59.5 Å². The highest BCUT2D eigenvalue weighted by molar-refractivity contribution is 8.26. The van der Waals surface area contributed by atoms with Crippen molar-refractivity contribution in [2.75, 3.05) is 18.5 Å². The number of benzene rings is 2. The Morgan fingerprint density at radius 1 is 1.08 bits per heavy atom. The maximum Gasteiger partial charge on any atom is 0.266 e. The lowest BCUT2D eigenvalue weighted by Crippen LogP contribution is -2.28. The first-order valence-corrected chi connectivity index (χ1v) is 9.47. The second-order valence-electron chi connectivity index (χ2n) is 5.82. The highest BCUT2D eigenvalue weighted by Gasteiger charge is 2.31. The molecule has 1 aliphatic rings. The summed E-state index contributed by atoms with van der Waals surface area (Å²) in [5.74, 6) is 0.0160. The third-order valence-electron chi connectivity index (χ3n) is 4.04. The van der Waals surface area contributed by atoms with Gasteiger partial charge in [-0.1, -0.05) is 61.2 Å². The van der Waals surface area contributed by atoms with Gasteiger partial charge in [0.05, 0.1) is 4.91 Å². The topological polar surface area (TPSA) is 23.6 Å². The molecule has 0 bridgehead atoms. The van der Waals surface area contributed by atoms with E-state index in [1.807, 2.05) is 50.4 Å². The number of rotatable bonds is 5. The van der Waals surface area contributed by atoms with E-state index < -0.39 is 0 Å². The van der Waals surface area contributed by atoms with Crippen LogP contribution in [0.2, 0.25) is 0 Å². The molecule has 0 saturated carbocycles. The van der Waals surface area contributed by atoms with Crippen LogP contribution in [0, 0.1) is 0 Å². The zero-order valence-electron chi connectivity index (χ0n) is 14.3. The van der Waals surface area contributed by atoms with Crippen LogP contribution in [0.4, 0.5) is 11.4 Å². The average molecular weight is 369 g/mol. The highest BCUT2D eigenvalue weighted by Crippen LogP contribution is 2.33. The Morgan fingerprint density at radius 3 is 2.36 bits per heavy atom. The summed E-state index contributed by atoms with van der Waals surface area (Å²) >= 11 is 6.69. The van der Waals surface area contributed by atoms with Crippen LogP contribution in [-0.4, -0.2) is 28.7 Å². The predicted octanol–water partition coefficient (Wildman–Crippen LogP) is 5.07. The van der Waals surface area contributed by atoms with Gasteiger partial charge in [0.15, 0.2) is 0 Å². The quantitative estimate of drug-likeness (QED) is 0.543. The molecule has 0 aliphatic carbocycles. The number of anilines is 2. The Balaban J connectivity index is 1.77. The number of hydrogen-bond acceptors (Lipinski definition) is 4. The number of carbonyl (C=O) groups is 1. The molecule has 1 heterocycles. The lowest BCUT2D eigenvalue weighted by molar-refractivity contribution is -0.122. The molecule has 3 nitrogen and oxygen atoms in total. The summed E-state index contributed by atoms with van der Waals surface area (Å²) in [4.78, 5) is 16.9. The van der Waals surface area contributed by atoms with Gasteiger partial charge in [-0.25, -0.2) is 0 Å². The summed E-state index contributed by atoms with van der Waals surface area (Å²) < 4.78 is 0.651. The smallest absolute Gasteiger partial charge is 0.266 e. The van der Waals surface area contributed by atoms with Crippen molar-refractivity contribution >= 4 is 51.7 Å². The van der Waals surface area contributed by atoms with E-state index in [1.54, 1.807) is 4.90 Å². The molecule has 2 aromatic carbocycles. The molecule has 1 amide bonds. The SMILES string of the molecule is CCCN1C(=O)/C(=C\c2ccc(N(C)c3ccccc3)cc2)SC1=S. The number of para-hydroxylation sites is 1. The normalized spacial score (nSPS) is 15.9. The molecule has 25 heavy (non-hydrogen) atoms. The van der Waals surface area contributed by atoms with Crippen molar-refractivity contribution in [1.82, 2.24) is 4.90 Å². The van der Waals surface area contributed by atoms with E-state index in [0.717, 1.165) is 23.4 Å². The van der Waals surface area contributed by atoms with Crippen molar-refractivity contribution in [1.29, 1.82) is 0 Å². The summed E-state index contributed by atoms with van der Waals surface area (Å²) in [6.45, 7) is 2.73. The second kappa shape index (κ2) is 7.85. The van der Waals surface area contributed by atoms with E-state index in [9.17, 15) is 4.79 Å². The fraction of sp³-hybridized carbons (Fsp3) is 0.200. The molecule has 5 heteroatoms. The van der Waals surface area contributed by atoms with E-state index in [2.05, 4.69) is 29.2 Å². The molecule has 1 fully saturated rings. The lowest BCUT2D eigenvalue weighted by atomic mass is 10.1. The molecule has 0 spiro atoms. The van der Waals surface area contributed by atoms with Crippen LogP contribution in [0.25, 0.3) is 6.08 Å². The molecule has 0 radical (unpaired) electrons. The molecule has 0 aromatic heterocycles. The third kappa shape index (κ3) is 3.94. The maximum absolute atomic E-state index is 12.4. The van der Waals surface area contributed by atoms with Gasteiger partial charge in [-0.15, -0.1) is 0 Å². The monoisotopic (exact) mass is 368 g/mol.